The molecule has 4 aromatic rings. The number of esters is 1. The highest BCUT2D eigenvalue weighted by Gasteiger charge is 2.34. The molecule has 0 spiro atoms. The van der Waals surface area contributed by atoms with Gasteiger partial charge in [-0.2, -0.15) is 0 Å². The lowest BCUT2D eigenvalue weighted by molar-refractivity contribution is -0.143. The SMILES string of the molecule is COc1cccc([C@@H]2C(C(=O)OC(C)C)=C(C)N=c3s/c(=C\c4ccc(-c5cc(Br)ccc5Br)o4)c(=O)n32)c1. The van der Waals surface area contributed by atoms with Crippen molar-refractivity contribution in [2.45, 2.75) is 32.9 Å². The fourth-order valence-electron chi connectivity index (χ4n) is 4.38. The lowest BCUT2D eigenvalue weighted by atomic mass is 9.95. The molecule has 0 aliphatic carbocycles. The second-order valence-electron chi connectivity index (χ2n) is 9.14. The Balaban J connectivity index is 1.65. The summed E-state index contributed by atoms with van der Waals surface area (Å²) in [6.45, 7) is 5.33. The summed E-state index contributed by atoms with van der Waals surface area (Å²) in [6.07, 6.45) is 1.37. The molecule has 10 heteroatoms. The molecule has 0 fully saturated rings. The molecule has 3 heterocycles. The Morgan fingerprint density at radius 3 is 2.69 bits per heavy atom. The van der Waals surface area contributed by atoms with Crippen LogP contribution < -0.4 is 19.6 Å². The molecule has 1 atom stereocenters. The number of carbonyl (C=O) groups is 1. The summed E-state index contributed by atoms with van der Waals surface area (Å²) in [4.78, 5) is 32.2. The van der Waals surface area contributed by atoms with Gasteiger partial charge < -0.3 is 13.9 Å². The lowest BCUT2D eigenvalue weighted by Crippen LogP contribution is -2.40. The van der Waals surface area contributed by atoms with Crippen LogP contribution in [0.4, 0.5) is 0 Å². The molecule has 200 valence electrons. The molecule has 0 saturated heterocycles. The van der Waals surface area contributed by atoms with Gasteiger partial charge in [-0.3, -0.25) is 9.36 Å². The number of ether oxygens (including phenoxy) is 2. The van der Waals surface area contributed by atoms with Crippen molar-refractivity contribution in [2.24, 2.45) is 4.99 Å². The number of fused-ring (bicyclic) bond motifs is 1. The summed E-state index contributed by atoms with van der Waals surface area (Å²) in [6, 6.07) is 16.1. The van der Waals surface area contributed by atoms with Gasteiger partial charge in [0.1, 0.15) is 17.3 Å². The van der Waals surface area contributed by atoms with Crippen molar-refractivity contribution in [2.75, 3.05) is 7.11 Å². The first-order valence-electron chi connectivity index (χ1n) is 12.1. The monoisotopic (exact) mass is 670 g/mol. The Morgan fingerprint density at radius 2 is 1.95 bits per heavy atom. The zero-order valence-electron chi connectivity index (χ0n) is 21.5. The maximum absolute atomic E-state index is 13.8. The number of furan rings is 1. The summed E-state index contributed by atoms with van der Waals surface area (Å²) in [5.74, 6) is 1.28. The number of methoxy groups -OCH3 is 1. The Kier molecular flexibility index (Phi) is 7.80. The second kappa shape index (κ2) is 11.1. The van der Waals surface area contributed by atoms with Gasteiger partial charge in [-0.1, -0.05) is 55.3 Å². The Labute approximate surface area is 245 Å². The summed E-state index contributed by atoms with van der Waals surface area (Å²) < 4.78 is 20.9. The summed E-state index contributed by atoms with van der Waals surface area (Å²) in [7, 11) is 1.57. The Bertz CT molecular complexity index is 1800. The maximum Gasteiger partial charge on any atom is 0.338 e. The van der Waals surface area contributed by atoms with Crippen molar-refractivity contribution >= 4 is 55.2 Å². The van der Waals surface area contributed by atoms with Crippen molar-refractivity contribution in [3.05, 3.63) is 106 Å². The third-order valence-corrected chi connectivity index (χ3v) is 8.26. The van der Waals surface area contributed by atoms with Gasteiger partial charge >= 0.3 is 5.97 Å². The summed E-state index contributed by atoms with van der Waals surface area (Å²) >= 11 is 8.30. The normalized spacial score (nSPS) is 15.4. The first kappa shape index (κ1) is 27.4. The first-order valence-corrected chi connectivity index (χ1v) is 14.5. The second-order valence-corrected chi connectivity index (χ2v) is 11.9. The minimum absolute atomic E-state index is 0.282. The largest absolute Gasteiger partial charge is 0.497 e. The van der Waals surface area contributed by atoms with Crippen LogP contribution in [0.3, 0.4) is 0 Å². The molecule has 0 amide bonds. The third kappa shape index (κ3) is 5.46. The molecule has 2 aromatic heterocycles. The zero-order chi connectivity index (χ0) is 27.8. The zero-order valence-corrected chi connectivity index (χ0v) is 25.5. The number of rotatable bonds is 6. The van der Waals surface area contributed by atoms with Gasteiger partial charge in [0.05, 0.1) is 35.1 Å². The number of nitrogens with zero attached hydrogens (tertiary/aromatic N) is 2. The average Bonchev–Trinajstić information content (AvgIpc) is 3.48. The Hall–Kier alpha value is -3.21. The van der Waals surface area contributed by atoms with E-state index in [2.05, 4.69) is 36.9 Å². The van der Waals surface area contributed by atoms with Crippen LogP contribution in [0, 0.1) is 0 Å². The number of allylic oxidation sites excluding steroid dienone is 1. The van der Waals surface area contributed by atoms with Crippen LogP contribution in [0.15, 0.2) is 89.0 Å². The van der Waals surface area contributed by atoms with E-state index < -0.39 is 12.0 Å². The molecular formula is C29H24Br2N2O5S. The van der Waals surface area contributed by atoms with Gasteiger partial charge in [-0.15, -0.1) is 0 Å². The van der Waals surface area contributed by atoms with Crippen LogP contribution >= 0.6 is 43.2 Å². The van der Waals surface area contributed by atoms with Crippen molar-refractivity contribution < 1.29 is 18.7 Å². The molecule has 0 N–H and O–H groups in total. The van der Waals surface area contributed by atoms with Crippen LogP contribution in [0.5, 0.6) is 5.75 Å². The van der Waals surface area contributed by atoms with Crippen LogP contribution in [0.1, 0.15) is 38.1 Å². The van der Waals surface area contributed by atoms with Crippen LogP contribution in [0.2, 0.25) is 0 Å². The molecule has 5 rings (SSSR count). The first-order chi connectivity index (χ1) is 18.7. The number of hydrogen-bond donors (Lipinski definition) is 0. The molecule has 1 aliphatic rings. The maximum atomic E-state index is 13.8. The fraction of sp³-hybridized carbons (Fsp3) is 0.207. The number of hydrogen-bond acceptors (Lipinski definition) is 7. The lowest BCUT2D eigenvalue weighted by Gasteiger charge is -2.25. The van der Waals surface area contributed by atoms with Crippen molar-refractivity contribution in [1.82, 2.24) is 4.57 Å². The number of benzene rings is 2. The number of thiazole rings is 1. The van der Waals surface area contributed by atoms with E-state index in [0.717, 1.165) is 14.5 Å². The highest BCUT2D eigenvalue weighted by atomic mass is 79.9. The van der Waals surface area contributed by atoms with Crippen molar-refractivity contribution in [1.29, 1.82) is 0 Å². The van der Waals surface area contributed by atoms with E-state index >= 15 is 0 Å². The van der Waals surface area contributed by atoms with Gasteiger partial charge in [-0.05, 0) is 68.8 Å². The molecule has 1 aliphatic heterocycles. The third-order valence-electron chi connectivity index (χ3n) is 6.09. The molecule has 0 radical (unpaired) electrons. The quantitative estimate of drug-likeness (QED) is 0.236. The predicted octanol–water partition coefficient (Wildman–Crippen LogP) is 5.98. The molecular weight excluding hydrogens is 648 g/mol. The fourth-order valence-corrected chi connectivity index (χ4v) is 6.21. The van der Waals surface area contributed by atoms with E-state index in [4.69, 9.17) is 13.9 Å². The number of halogens is 2. The minimum Gasteiger partial charge on any atom is -0.497 e. The molecule has 0 bridgehead atoms. The smallest absolute Gasteiger partial charge is 0.338 e. The van der Waals surface area contributed by atoms with Crippen molar-refractivity contribution in [3.8, 4) is 17.1 Å². The summed E-state index contributed by atoms with van der Waals surface area (Å²) in [5, 5.41) is 0. The standard InChI is InChI=1S/C29H24Br2N2O5S/c1-15(2)37-28(35)25-16(3)32-29-33(26(25)17-6-5-7-19(12-17)36-4)27(34)24(39-29)14-20-9-11-23(38-20)21-13-18(30)8-10-22(21)31/h5-15,26H,1-4H3/b24-14-/t26-/m1/s1. The van der Waals surface area contributed by atoms with E-state index in [1.807, 2.05) is 54.6 Å². The van der Waals surface area contributed by atoms with E-state index in [1.165, 1.54) is 11.3 Å². The topological polar surface area (TPSA) is 83.0 Å². The van der Waals surface area contributed by atoms with Crippen LogP contribution in [-0.2, 0) is 9.53 Å². The minimum atomic E-state index is -0.727. The van der Waals surface area contributed by atoms with Gasteiger partial charge in [0.15, 0.2) is 4.80 Å². The van der Waals surface area contributed by atoms with Gasteiger partial charge in [-0.25, -0.2) is 9.79 Å². The number of carbonyl (C=O) groups excluding carboxylic acids is 1. The average molecular weight is 672 g/mol. The molecule has 7 nitrogen and oxygen atoms in total. The highest BCUT2D eigenvalue weighted by Crippen LogP contribution is 2.34. The molecule has 0 saturated carbocycles. The van der Waals surface area contributed by atoms with E-state index in [1.54, 1.807) is 38.5 Å². The van der Waals surface area contributed by atoms with Gasteiger partial charge in [0, 0.05) is 20.6 Å². The Morgan fingerprint density at radius 1 is 1.15 bits per heavy atom. The molecule has 39 heavy (non-hydrogen) atoms. The van der Waals surface area contributed by atoms with Crippen LogP contribution in [0.25, 0.3) is 17.4 Å². The molecule has 2 aromatic carbocycles. The predicted molar refractivity (Wildman–Crippen MR) is 158 cm³/mol. The molecule has 0 unspecified atom stereocenters. The van der Waals surface area contributed by atoms with Crippen molar-refractivity contribution in [3.63, 3.8) is 0 Å². The van der Waals surface area contributed by atoms with Gasteiger partial charge in [0.25, 0.3) is 5.56 Å². The van der Waals surface area contributed by atoms with E-state index in [0.29, 0.717) is 43.4 Å². The van der Waals surface area contributed by atoms with Crippen LogP contribution in [-0.4, -0.2) is 23.8 Å². The highest BCUT2D eigenvalue weighted by molar-refractivity contribution is 9.11. The van der Waals surface area contributed by atoms with E-state index in [9.17, 15) is 9.59 Å². The van der Waals surface area contributed by atoms with Gasteiger partial charge in [0.2, 0.25) is 0 Å². The summed E-state index contributed by atoms with van der Waals surface area (Å²) in [5.41, 5.74) is 2.13. The number of aromatic nitrogens is 1. The van der Waals surface area contributed by atoms with E-state index in [-0.39, 0.29) is 11.7 Å².